The molecule has 0 atom stereocenters. The molecule has 0 saturated carbocycles. The SMILES string of the molecule is c1ccc(-c2cc(-n3c(-c4ccccc4)nc4ccccc43)n(-c3ccccc3)n2)cc1. The van der Waals surface area contributed by atoms with Gasteiger partial charge in [0.05, 0.1) is 22.4 Å². The molecule has 4 aromatic carbocycles. The second-order valence-corrected chi connectivity index (χ2v) is 7.63. The molecule has 6 rings (SSSR count). The van der Waals surface area contributed by atoms with Crippen molar-refractivity contribution in [1.82, 2.24) is 19.3 Å². The summed E-state index contributed by atoms with van der Waals surface area (Å²) in [5, 5.41) is 5.02. The predicted molar refractivity (Wildman–Crippen MR) is 129 cm³/mol. The number of aromatic nitrogens is 4. The van der Waals surface area contributed by atoms with Gasteiger partial charge in [-0.15, -0.1) is 0 Å². The smallest absolute Gasteiger partial charge is 0.146 e. The Labute approximate surface area is 186 Å². The van der Waals surface area contributed by atoms with Gasteiger partial charge >= 0.3 is 0 Å². The van der Waals surface area contributed by atoms with Gasteiger partial charge in [0.15, 0.2) is 0 Å². The van der Waals surface area contributed by atoms with E-state index in [1.165, 1.54) is 0 Å². The van der Waals surface area contributed by atoms with Gasteiger partial charge in [-0.05, 0) is 24.3 Å². The standard InChI is InChI=1S/C28H20N4/c1-4-12-21(13-5-1)25-20-27(32(30-25)23-16-8-3-9-17-23)31-26-19-11-10-18-24(26)29-28(31)22-14-6-2-7-15-22/h1-20H. The van der Waals surface area contributed by atoms with Gasteiger partial charge in [-0.1, -0.05) is 91.0 Å². The Morgan fingerprint density at radius 2 is 1.16 bits per heavy atom. The zero-order valence-corrected chi connectivity index (χ0v) is 17.3. The minimum atomic E-state index is 0.892. The molecular formula is C28H20N4. The first kappa shape index (κ1) is 18.3. The highest BCUT2D eigenvalue weighted by Gasteiger charge is 2.20. The minimum Gasteiger partial charge on any atom is -0.276 e. The van der Waals surface area contributed by atoms with E-state index in [0.29, 0.717) is 0 Å². The average molecular weight is 412 g/mol. The maximum absolute atomic E-state index is 5.02. The fourth-order valence-electron chi connectivity index (χ4n) is 4.08. The molecule has 0 radical (unpaired) electrons. The lowest BCUT2D eigenvalue weighted by Gasteiger charge is -2.12. The lowest BCUT2D eigenvalue weighted by molar-refractivity contribution is 0.834. The van der Waals surface area contributed by atoms with E-state index in [0.717, 1.165) is 45.2 Å². The van der Waals surface area contributed by atoms with Crippen LogP contribution in [-0.2, 0) is 0 Å². The van der Waals surface area contributed by atoms with Crippen LogP contribution in [0.3, 0.4) is 0 Å². The molecule has 0 aliphatic rings. The van der Waals surface area contributed by atoms with Crippen LogP contribution in [0.1, 0.15) is 0 Å². The van der Waals surface area contributed by atoms with Gasteiger partial charge < -0.3 is 0 Å². The summed E-state index contributed by atoms with van der Waals surface area (Å²) in [6.07, 6.45) is 0. The lowest BCUT2D eigenvalue weighted by atomic mass is 10.1. The summed E-state index contributed by atoms with van der Waals surface area (Å²) in [5.74, 6) is 1.84. The Balaban J connectivity index is 1.68. The summed E-state index contributed by atoms with van der Waals surface area (Å²) in [5.41, 5.74) is 6.05. The molecule has 32 heavy (non-hydrogen) atoms. The van der Waals surface area contributed by atoms with E-state index < -0.39 is 0 Å². The molecule has 0 N–H and O–H groups in total. The van der Waals surface area contributed by atoms with Crippen LogP contribution in [-0.4, -0.2) is 19.3 Å². The van der Waals surface area contributed by atoms with E-state index in [9.17, 15) is 0 Å². The molecule has 152 valence electrons. The van der Waals surface area contributed by atoms with E-state index in [-0.39, 0.29) is 0 Å². The summed E-state index contributed by atoms with van der Waals surface area (Å²) in [6.45, 7) is 0. The van der Waals surface area contributed by atoms with Crippen molar-refractivity contribution in [3.8, 4) is 34.2 Å². The van der Waals surface area contributed by atoms with Crippen molar-refractivity contribution in [2.45, 2.75) is 0 Å². The van der Waals surface area contributed by atoms with E-state index in [4.69, 9.17) is 10.1 Å². The van der Waals surface area contributed by atoms with Crippen molar-refractivity contribution in [3.05, 3.63) is 121 Å². The molecule has 2 heterocycles. The predicted octanol–water partition coefficient (Wildman–Crippen LogP) is 6.55. The Morgan fingerprint density at radius 1 is 0.562 bits per heavy atom. The summed E-state index contributed by atoms with van der Waals surface area (Å²) >= 11 is 0. The minimum absolute atomic E-state index is 0.892. The van der Waals surface area contributed by atoms with Crippen LogP contribution in [0.5, 0.6) is 0 Å². The maximum atomic E-state index is 5.02. The van der Waals surface area contributed by atoms with Gasteiger partial charge in [-0.3, -0.25) is 4.57 Å². The molecule has 4 nitrogen and oxygen atoms in total. The number of hydrogen-bond donors (Lipinski definition) is 0. The van der Waals surface area contributed by atoms with Gasteiger partial charge in [0.25, 0.3) is 0 Å². The molecule has 0 spiro atoms. The molecule has 0 fully saturated rings. The Morgan fingerprint density at radius 3 is 1.88 bits per heavy atom. The van der Waals surface area contributed by atoms with Crippen molar-refractivity contribution in [2.24, 2.45) is 0 Å². The van der Waals surface area contributed by atoms with E-state index in [1.807, 2.05) is 65.3 Å². The van der Waals surface area contributed by atoms with Crippen molar-refractivity contribution >= 4 is 11.0 Å². The number of benzene rings is 4. The second kappa shape index (κ2) is 7.67. The fourth-order valence-corrected chi connectivity index (χ4v) is 4.08. The maximum Gasteiger partial charge on any atom is 0.146 e. The van der Waals surface area contributed by atoms with Crippen molar-refractivity contribution in [1.29, 1.82) is 0 Å². The molecule has 0 aliphatic heterocycles. The second-order valence-electron chi connectivity index (χ2n) is 7.63. The first-order valence-corrected chi connectivity index (χ1v) is 10.6. The third-order valence-electron chi connectivity index (χ3n) is 5.58. The fraction of sp³-hybridized carbons (Fsp3) is 0. The first-order valence-electron chi connectivity index (χ1n) is 10.6. The molecular weight excluding hydrogens is 392 g/mol. The van der Waals surface area contributed by atoms with Gasteiger partial charge in [0.2, 0.25) is 0 Å². The monoisotopic (exact) mass is 412 g/mol. The highest BCUT2D eigenvalue weighted by molar-refractivity contribution is 5.83. The topological polar surface area (TPSA) is 35.6 Å². The van der Waals surface area contributed by atoms with Crippen molar-refractivity contribution < 1.29 is 0 Å². The zero-order chi connectivity index (χ0) is 21.3. The van der Waals surface area contributed by atoms with Gasteiger partial charge in [-0.2, -0.15) is 5.10 Å². The Hall–Kier alpha value is -4.44. The number of para-hydroxylation sites is 3. The number of nitrogens with zero attached hydrogens (tertiary/aromatic N) is 4. The average Bonchev–Trinajstić information content (AvgIpc) is 3.48. The third-order valence-corrected chi connectivity index (χ3v) is 5.58. The summed E-state index contributed by atoms with van der Waals surface area (Å²) in [6, 6.07) is 41.2. The highest BCUT2D eigenvalue weighted by atomic mass is 15.4. The molecule has 4 heteroatoms. The Kier molecular flexibility index (Phi) is 4.40. The molecule has 0 bridgehead atoms. The number of rotatable bonds is 4. The highest BCUT2D eigenvalue weighted by Crippen LogP contribution is 2.32. The summed E-state index contributed by atoms with van der Waals surface area (Å²) in [4.78, 5) is 5.00. The van der Waals surface area contributed by atoms with Crippen molar-refractivity contribution in [2.75, 3.05) is 0 Å². The van der Waals surface area contributed by atoms with Crippen LogP contribution < -0.4 is 0 Å². The van der Waals surface area contributed by atoms with E-state index in [1.54, 1.807) is 0 Å². The van der Waals surface area contributed by atoms with Crippen LogP contribution >= 0.6 is 0 Å². The summed E-state index contributed by atoms with van der Waals surface area (Å²) < 4.78 is 4.21. The van der Waals surface area contributed by atoms with Gasteiger partial charge in [-0.25, -0.2) is 9.67 Å². The Bertz CT molecular complexity index is 1500. The van der Waals surface area contributed by atoms with Crippen LogP contribution in [0.15, 0.2) is 121 Å². The van der Waals surface area contributed by atoms with Gasteiger partial charge in [0.1, 0.15) is 11.6 Å². The first-order chi connectivity index (χ1) is 15.9. The molecule has 0 amide bonds. The van der Waals surface area contributed by atoms with E-state index in [2.05, 4.69) is 65.2 Å². The summed E-state index contributed by atoms with van der Waals surface area (Å²) in [7, 11) is 0. The quantitative estimate of drug-likeness (QED) is 0.329. The lowest BCUT2D eigenvalue weighted by Crippen LogP contribution is -2.06. The van der Waals surface area contributed by atoms with Crippen LogP contribution in [0.4, 0.5) is 0 Å². The third kappa shape index (κ3) is 3.10. The number of hydrogen-bond acceptors (Lipinski definition) is 2. The zero-order valence-electron chi connectivity index (χ0n) is 17.3. The van der Waals surface area contributed by atoms with E-state index >= 15 is 0 Å². The van der Waals surface area contributed by atoms with Crippen LogP contribution in [0, 0.1) is 0 Å². The molecule has 0 aliphatic carbocycles. The molecule has 0 unspecified atom stereocenters. The number of fused-ring (bicyclic) bond motifs is 1. The van der Waals surface area contributed by atoms with Crippen LogP contribution in [0.2, 0.25) is 0 Å². The molecule has 0 saturated heterocycles. The molecule has 2 aromatic heterocycles. The number of imidazole rings is 1. The van der Waals surface area contributed by atoms with Gasteiger partial charge in [0, 0.05) is 17.2 Å². The van der Waals surface area contributed by atoms with Crippen molar-refractivity contribution in [3.63, 3.8) is 0 Å². The molecule has 6 aromatic rings. The van der Waals surface area contributed by atoms with Crippen LogP contribution in [0.25, 0.3) is 45.2 Å². The largest absolute Gasteiger partial charge is 0.276 e. The normalized spacial score (nSPS) is 11.1.